The highest BCUT2D eigenvalue weighted by Gasteiger charge is 2.33. The van der Waals surface area contributed by atoms with E-state index in [9.17, 15) is 13.6 Å². The molecule has 1 saturated heterocycles. The lowest BCUT2D eigenvalue weighted by Gasteiger charge is -2.25. The first-order valence-corrected chi connectivity index (χ1v) is 5.99. The maximum atomic E-state index is 12.4. The minimum Gasteiger partial charge on any atom is -0.383 e. The summed E-state index contributed by atoms with van der Waals surface area (Å²) in [7, 11) is 1.46. The zero-order valence-electron chi connectivity index (χ0n) is 10.5. The van der Waals surface area contributed by atoms with Crippen molar-refractivity contribution in [1.82, 2.24) is 4.90 Å². The van der Waals surface area contributed by atoms with Crippen LogP contribution in [0.2, 0.25) is 0 Å². The van der Waals surface area contributed by atoms with Crippen molar-refractivity contribution in [3.63, 3.8) is 0 Å². The molecule has 0 aromatic carbocycles. The van der Waals surface area contributed by atoms with Gasteiger partial charge in [0.25, 0.3) is 12.3 Å². The molecule has 0 unspecified atom stereocenters. The van der Waals surface area contributed by atoms with E-state index in [0.29, 0.717) is 19.4 Å². The van der Waals surface area contributed by atoms with E-state index in [-0.39, 0.29) is 19.3 Å². The molecule has 0 radical (unpaired) electrons. The van der Waals surface area contributed by atoms with Gasteiger partial charge in [-0.1, -0.05) is 0 Å². The lowest BCUT2D eigenvalue weighted by molar-refractivity contribution is -0.145. The Balaban J connectivity index is 2.52. The number of hydrogen-bond acceptors (Lipinski definition) is 4. The van der Waals surface area contributed by atoms with E-state index in [2.05, 4.69) is 0 Å². The van der Waals surface area contributed by atoms with Crippen LogP contribution in [0, 0.1) is 0 Å². The fourth-order valence-electron chi connectivity index (χ4n) is 1.92. The van der Waals surface area contributed by atoms with Crippen molar-refractivity contribution in [2.75, 3.05) is 33.4 Å². The fourth-order valence-corrected chi connectivity index (χ4v) is 1.92. The van der Waals surface area contributed by atoms with Crippen LogP contribution in [0.3, 0.4) is 0 Å². The van der Waals surface area contributed by atoms with E-state index in [1.807, 2.05) is 0 Å². The molecule has 1 heterocycles. The van der Waals surface area contributed by atoms with E-state index in [0.717, 1.165) is 4.90 Å². The average Bonchev–Trinajstić information content (AvgIpc) is 2.81. The number of alkyl halides is 2. The van der Waals surface area contributed by atoms with Gasteiger partial charge in [0.1, 0.15) is 6.10 Å². The Hall–Kier alpha value is -0.790. The fraction of sp³-hybridized carbons (Fsp3) is 0.909. The summed E-state index contributed by atoms with van der Waals surface area (Å²) in [6, 6.07) is 0. The van der Waals surface area contributed by atoms with Crippen LogP contribution in [0.25, 0.3) is 0 Å². The summed E-state index contributed by atoms with van der Waals surface area (Å²) < 4.78 is 35.0. The minimum absolute atomic E-state index is 0.144. The molecule has 0 aromatic rings. The largest absolute Gasteiger partial charge is 0.383 e. The number of ether oxygens (including phenoxy) is 2. The second-order valence-electron chi connectivity index (χ2n) is 4.23. The number of nitrogens with two attached hydrogens (primary N) is 1. The molecule has 2 N–H and O–H groups in total. The van der Waals surface area contributed by atoms with Crippen molar-refractivity contribution in [3.8, 4) is 0 Å². The molecule has 1 fully saturated rings. The van der Waals surface area contributed by atoms with E-state index >= 15 is 0 Å². The molecule has 0 spiro atoms. The predicted octanol–water partition coefficient (Wildman–Crippen LogP) is 0.233. The van der Waals surface area contributed by atoms with E-state index in [1.54, 1.807) is 0 Å². The van der Waals surface area contributed by atoms with Gasteiger partial charge in [-0.15, -0.1) is 0 Å². The summed E-state index contributed by atoms with van der Waals surface area (Å²) in [5.41, 5.74) is 5.44. The molecule has 18 heavy (non-hydrogen) atoms. The molecular weight excluding hydrogens is 246 g/mol. The molecule has 5 nitrogen and oxygen atoms in total. The van der Waals surface area contributed by atoms with Gasteiger partial charge < -0.3 is 20.1 Å². The van der Waals surface area contributed by atoms with E-state index in [4.69, 9.17) is 15.2 Å². The zero-order valence-corrected chi connectivity index (χ0v) is 10.5. The Labute approximate surface area is 105 Å². The molecule has 2 atom stereocenters. The third-order valence-corrected chi connectivity index (χ3v) is 2.88. The predicted molar refractivity (Wildman–Crippen MR) is 61.4 cm³/mol. The van der Waals surface area contributed by atoms with Crippen LogP contribution in [-0.4, -0.2) is 62.8 Å². The van der Waals surface area contributed by atoms with Crippen molar-refractivity contribution in [1.29, 1.82) is 0 Å². The van der Waals surface area contributed by atoms with E-state index in [1.165, 1.54) is 7.11 Å². The Morgan fingerprint density at radius 3 is 2.78 bits per heavy atom. The van der Waals surface area contributed by atoms with Crippen LogP contribution < -0.4 is 5.73 Å². The Morgan fingerprint density at radius 2 is 2.28 bits per heavy atom. The molecule has 0 bridgehead atoms. The second kappa shape index (κ2) is 7.60. The van der Waals surface area contributed by atoms with Crippen LogP contribution in [0.15, 0.2) is 0 Å². The molecule has 106 valence electrons. The number of rotatable bonds is 7. The Kier molecular flexibility index (Phi) is 6.45. The van der Waals surface area contributed by atoms with Crippen molar-refractivity contribution in [2.24, 2.45) is 5.73 Å². The molecule has 1 amide bonds. The molecule has 0 aliphatic carbocycles. The summed E-state index contributed by atoms with van der Waals surface area (Å²) in [5, 5.41) is 0. The minimum atomic E-state index is -2.56. The Bertz CT molecular complexity index is 267. The molecule has 7 heteroatoms. The van der Waals surface area contributed by atoms with Gasteiger partial charge in [0.05, 0.1) is 19.3 Å². The van der Waals surface area contributed by atoms with Crippen LogP contribution in [-0.2, 0) is 14.3 Å². The number of methoxy groups -OCH3 is 1. The molecule has 1 aliphatic rings. The highest BCUT2D eigenvalue weighted by Crippen LogP contribution is 2.21. The molecule has 1 aliphatic heterocycles. The van der Waals surface area contributed by atoms with Gasteiger partial charge in [0, 0.05) is 20.2 Å². The summed E-state index contributed by atoms with van der Waals surface area (Å²) >= 11 is 0. The van der Waals surface area contributed by atoms with Crippen LogP contribution in [0.4, 0.5) is 8.78 Å². The smallest absolute Gasteiger partial charge is 0.255 e. The number of nitrogens with zero attached hydrogens (tertiary/aromatic N) is 1. The third kappa shape index (κ3) is 4.47. The highest BCUT2D eigenvalue weighted by molar-refractivity contribution is 5.81. The summed E-state index contributed by atoms with van der Waals surface area (Å²) in [4.78, 5) is 13.1. The van der Waals surface area contributed by atoms with Crippen LogP contribution >= 0.6 is 0 Å². The second-order valence-corrected chi connectivity index (χ2v) is 4.23. The quantitative estimate of drug-likeness (QED) is 0.716. The van der Waals surface area contributed by atoms with Crippen molar-refractivity contribution < 1.29 is 23.0 Å². The standard InChI is InChI=1S/C11H20F2N2O3/c1-17-5-4-15(7-10(12)13)11(16)9-3-2-8(6-14)18-9/h8-10H,2-7,14H2,1H3/t8-,9+/m1/s1. The maximum Gasteiger partial charge on any atom is 0.255 e. The van der Waals surface area contributed by atoms with Gasteiger partial charge in [0.2, 0.25) is 0 Å². The molecular formula is C11H20F2N2O3. The first-order chi connectivity index (χ1) is 8.58. The molecule has 0 saturated carbocycles. The average molecular weight is 266 g/mol. The first-order valence-electron chi connectivity index (χ1n) is 5.99. The van der Waals surface area contributed by atoms with Gasteiger partial charge in [-0.05, 0) is 12.8 Å². The zero-order chi connectivity index (χ0) is 13.5. The number of carbonyl (C=O) groups is 1. The summed E-state index contributed by atoms with van der Waals surface area (Å²) in [6.45, 7) is 0.129. The lowest BCUT2D eigenvalue weighted by atomic mass is 10.2. The number of hydrogen-bond donors (Lipinski definition) is 1. The monoisotopic (exact) mass is 266 g/mol. The number of carbonyl (C=O) groups excluding carboxylic acids is 1. The van der Waals surface area contributed by atoms with Crippen molar-refractivity contribution in [2.45, 2.75) is 31.5 Å². The van der Waals surface area contributed by atoms with Gasteiger partial charge in [0.15, 0.2) is 0 Å². The Morgan fingerprint density at radius 1 is 1.56 bits per heavy atom. The van der Waals surface area contributed by atoms with Crippen molar-refractivity contribution >= 4 is 5.91 Å². The molecule has 0 aromatic heterocycles. The van der Waals surface area contributed by atoms with E-state index < -0.39 is 25.0 Å². The number of halogens is 2. The first kappa shape index (κ1) is 15.3. The van der Waals surface area contributed by atoms with Crippen LogP contribution in [0.1, 0.15) is 12.8 Å². The third-order valence-electron chi connectivity index (χ3n) is 2.88. The normalized spacial score (nSPS) is 23.6. The van der Waals surface area contributed by atoms with Crippen LogP contribution in [0.5, 0.6) is 0 Å². The van der Waals surface area contributed by atoms with Gasteiger partial charge in [-0.3, -0.25) is 4.79 Å². The summed E-state index contributed by atoms with van der Waals surface area (Å²) in [5.74, 6) is -0.400. The SMILES string of the molecule is COCCN(CC(F)F)C(=O)[C@@H]1CC[C@H](CN)O1. The van der Waals surface area contributed by atoms with Gasteiger partial charge in [-0.25, -0.2) is 8.78 Å². The van der Waals surface area contributed by atoms with Gasteiger partial charge >= 0.3 is 0 Å². The topological polar surface area (TPSA) is 64.8 Å². The van der Waals surface area contributed by atoms with Crippen molar-refractivity contribution in [3.05, 3.63) is 0 Å². The molecule has 1 rings (SSSR count). The number of amides is 1. The van der Waals surface area contributed by atoms with Gasteiger partial charge in [-0.2, -0.15) is 0 Å². The lowest BCUT2D eigenvalue weighted by Crippen LogP contribution is -2.43. The highest BCUT2D eigenvalue weighted by atomic mass is 19.3. The summed E-state index contributed by atoms with van der Waals surface area (Å²) in [6.07, 6.45) is -2.12. The maximum absolute atomic E-state index is 12.4.